The number of nitrogens with two attached hydrogens (primary N) is 1. The van der Waals surface area contributed by atoms with Crippen molar-refractivity contribution in [3.05, 3.63) is 40.6 Å². The van der Waals surface area contributed by atoms with E-state index in [9.17, 15) is 0 Å². The van der Waals surface area contributed by atoms with Crippen LogP contribution in [0.4, 0.5) is 0 Å². The number of hydrogen-bond acceptors (Lipinski definition) is 3. The molecule has 0 aliphatic rings. The number of benzene rings is 1. The molecule has 0 saturated heterocycles. The van der Waals surface area contributed by atoms with E-state index < -0.39 is 0 Å². The van der Waals surface area contributed by atoms with Gasteiger partial charge in [-0.25, -0.2) is 0 Å². The summed E-state index contributed by atoms with van der Waals surface area (Å²) in [6.45, 7) is 2.12. The Balaban J connectivity index is 2.24. The van der Waals surface area contributed by atoms with Crippen molar-refractivity contribution in [1.29, 1.82) is 0 Å². The molecule has 0 bridgehead atoms. The van der Waals surface area contributed by atoms with E-state index in [1.165, 1.54) is 10.5 Å². The summed E-state index contributed by atoms with van der Waals surface area (Å²) in [5, 5.41) is 4.20. The van der Waals surface area contributed by atoms with Crippen LogP contribution in [-0.4, -0.2) is 15.8 Å². The van der Waals surface area contributed by atoms with Crippen LogP contribution in [0.5, 0.6) is 0 Å². The number of nitrogens with zero attached hydrogens (tertiary/aromatic N) is 2. The number of halogens is 1. The zero-order valence-corrected chi connectivity index (χ0v) is 13.5. The van der Waals surface area contributed by atoms with Crippen LogP contribution in [0.3, 0.4) is 0 Å². The molecule has 0 fully saturated rings. The van der Waals surface area contributed by atoms with Crippen LogP contribution in [0, 0.1) is 0 Å². The Kier molecular flexibility index (Phi) is 5.07. The van der Waals surface area contributed by atoms with Crippen molar-refractivity contribution in [2.24, 2.45) is 12.8 Å². The van der Waals surface area contributed by atoms with Gasteiger partial charge in [-0.3, -0.25) is 4.68 Å². The summed E-state index contributed by atoms with van der Waals surface area (Å²) < 4.78 is 2.91. The lowest BCUT2D eigenvalue weighted by atomic mass is 10.1. The number of aryl methyl sites for hydroxylation is 1. The molecule has 1 atom stereocenters. The van der Waals surface area contributed by atoms with Gasteiger partial charge in [0.05, 0.1) is 11.1 Å². The predicted octanol–water partition coefficient (Wildman–Crippen LogP) is 3.61. The van der Waals surface area contributed by atoms with Gasteiger partial charge >= 0.3 is 0 Å². The molecular formula is C14H18BrN3S. The van der Waals surface area contributed by atoms with Gasteiger partial charge in [0.25, 0.3) is 0 Å². The van der Waals surface area contributed by atoms with E-state index in [0.717, 1.165) is 22.2 Å². The van der Waals surface area contributed by atoms with Crippen LogP contribution in [-0.2, 0) is 13.5 Å². The molecule has 19 heavy (non-hydrogen) atoms. The molecule has 0 aliphatic carbocycles. The number of aromatic nitrogens is 2. The van der Waals surface area contributed by atoms with Gasteiger partial charge in [-0.15, -0.1) is 0 Å². The third kappa shape index (κ3) is 4.09. The first-order chi connectivity index (χ1) is 9.08. The summed E-state index contributed by atoms with van der Waals surface area (Å²) >= 11 is 5.27. The lowest BCUT2D eigenvalue weighted by Crippen LogP contribution is -2.21. The van der Waals surface area contributed by atoms with Gasteiger partial charge in [-0.1, -0.05) is 40.7 Å². The highest BCUT2D eigenvalue weighted by molar-refractivity contribution is 9.10. The summed E-state index contributed by atoms with van der Waals surface area (Å²) in [5.41, 5.74) is 7.37. The standard InChI is InChI=1S/C14H18BrN3S/c1-3-12(16)6-10-4-5-11(15)7-14(10)19-13-8-17-18(2)9-13/h4-5,7-9,12H,3,6,16H2,1-2H3. The maximum Gasteiger partial charge on any atom is 0.0629 e. The Morgan fingerprint density at radius 1 is 1.47 bits per heavy atom. The predicted molar refractivity (Wildman–Crippen MR) is 83.4 cm³/mol. The summed E-state index contributed by atoms with van der Waals surface area (Å²) in [7, 11) is 1.93. The zero-order valence-electron chi connectivity index (χ0n) is 11.1. The molecule has 0 spiro atoms. The fourth-order valence-electron chi connectivity index (χ4n) is 1.80. The fraction of sp³-hybridized carbons (Fsp3) is 0.357. The Hall–Kier alpha value is -0.780. The second-order valence-corrected chi connectivity index (χ2v) is 6.61. The quantitative estimate of drug-likeness (QED) is 0.904. The maximum atomic E-state index is 6.07. The average molecular weight is 340 g/mol. The average Bonchev–Trinajstić information content (AvgIpc) is 2.78. The lowest BCUT2D eigenvalue weighted by molar-refractivity contribution is 0.641. The van der Waals surface area contributed by atoms with E-state index in [4.69, 9.17) is 5.73 Å². The third-order valence-corrected chi connectivity index (χ3v) is 4.48. The molecule has 2 rings (SSSR count). The molecule has 3 nitrogen and oxygen atoms in total. The van der Waals surface area contributed by atoms with E-state index in [1.54, 1.807) is 11.8 Å². The molecule has 1 aromatic carbocycles. The maximum absolute atomic E-state index is 6.07. The van der Waals surface area contributed by atoms with Gasteiger partial charge in [0, 0.05) is 28.7 Å². The Morgan fingerprint density at radius 3 is 2.89 bits per heavy atom. The summed E-state index contributed by atoms with van der Waals surface area (Å²) in [6, 6.07) is 6.59. The molecule has 5 heteroatoms. The largest absolute Gasteiger partial charge is 0.327 e. The Morgan fingerprint density at radius 2 is 2.26 bits per heavy atom. The van der Waals surface area contributed by atoms with Gasteiger partial charge in [-0.05, 0) is 30.5 Å². The van der Waals surface area contributed by atoms with Crippen molar-refractivity contribution >= 4 is 27.7 Å². The molecular weight excluding hydrogens is 322 g/mol. The fourth-order valence-corrected chi connectivity index (χ4v) is 3.34. The first-order valence-corrected chi connectivity index (χ1v) is 7.90. The highest BCUT2D eigenvalue weighted by atomic mass is 79.9. The van der Waals surface area contributed by atoms with Crippen molar-refractivity contribution < 1.29 is 0 Å². The van der Waals surface area contributed by atoms with Gasteiger partial charge < -0.3 is 5.73 Å². The highest BCUT2D eigenvalue weighted by Gasteiger charge is 2.10. The summed E-state index contributed by atoms with van der Waals surface area (Å²) in [4.78, 5) is 2.39. The van der Waals surface area contributed by atoms with Gasteiger partial charge in [0.1, 0.15) is 0 Å². The van der Waals surface area contributed by atoms with E-state index in [-0.39, 0.29) is 6.04 Å². The molecule has 1 unspecified atom stereocenters. The van der Waals surface area contributed by atoms with Crippen LogP contribution in [0.1, 0.15) is 18.9 Å². The van der Waals surface area contributed by atoms with Crippen molar-refractivity contribution in [3.8, 4) is 0 Å². The highest BCUT2D eigenvalue weighted by Crippen LogP contribution is 2.33. The van der Waals surface area contributed by atoms with Crippen LogP contribution < -0.4 is 5.73 Å². The molecule has 0 amide bonds. The van der Waals surface area contributed by atoms with Crippen LogP contribution >= 0.6 is 27.7 Å². The van der Waals surface area contributed by atoms with Crippen molar-refractivity contribution in [2.75, 3.05) is 0 Å². The summed E-state index contributed by atoms with van der Waals surface area (Å²) in [5.74, 6) is 0. The second kappa shape index (κ2) is 6.59. The topological polar surface area (TPSA) is 43.8 Å². The molecule has 1 aromatic heterocycles. The SMILES string of the molecule is CCC(N)Cc1ccc(Br)cc1Sc1cnn(C)c1. The molecule has 1 heterocycles. The van der Waals surface area contributed by atoms with Crippen LogP contribution in [0.15, 0.2) is 44.9 Å². The van der Waals surface area contributed by atoms with E-state index >= 15 is 0 Å². The Labute approximate surface area is 126 Å². The monoisotopic (exact) mass is 339 g/mol. The normalized spacial score (nSPS) is 12.6. The van der Waals surface area contributed by atoms with E-state index in [1.807, 2.05) is 24.1 Å². The minimum atomic E-state index is 0.217. The minimum Gasteiger partial charge on any atom is -0.327 e. The molecule has 0 radical (unpaired) electrons. The van der Waals surface area contributed by atoms with E-state index in [0.29, 0.717) is 0 Å². The lowest BCUT2D eigenvalue weighted by Gasteiger charge is -2.13. The molecule has 2 aromatic rings. The second-order valence-electron chi connectivity index (χ2n) is 4.58. The van der Waals surface area contributed by atoms with Gasteiger partial charge in [0.15, 0.2) is 0 Å². The molecule has 0 saturated carbocycles. The van der Waals surface area contributed by atoms with Crippen molar-refractivity contribution in [1.82, 2.24) is 9.78 Å². The van der Waals surface area contributed by atoms with Crippen molar-refractivity contribution in [3.63, 3.8) is 0 Å². The Bertz CT molecular complexity index is 553. The number of hydrogen-bond donors (Lipinski definition) is 1. The van der Waals surface area contributed by atoms with Gasteiger partial charge in [-0.2, -0.15) is 5.10 Å². The third-order valence-electron chi connectivity index (χ3n) is 2.94. The minimum absolute atomic E-state index is 0.217. The van der Waals surface area contributed by atoms with Crippen LogP contribution in [0.2, 0.25) is 0 Å². The first-order valence-electron chi connectivity index (χ1n) is 6.29. The molecule has 102 valence electrons. The van der Waals surface area contributed by atoms with Gasteiger partial charge in [0.2, 0.25) is 0 Å². The first kappa shape index (κ1) is 14.6. The smallest absolute Gasteiger partial charge is 0.0629 e. The van der Waals surface area contributed by atoms with Crippen LogP contribution in [0.25, 0.3) is 0 Å². The van der Waals surface area contributed by atoms with E-state index in [2.05, 4.69) is 46.2 Å². The number of rotatable bonds is 5. The van der Waals surface area contributed by atoms with Crippen molar-refractivity contribution in [2.45, 2.75) is 35.6 Å². The molecule has 2 N–H and O–H groups in total. The zero-order chi connectivity index (χ0) is 13.8. The summed E-state index contributed by atoms with van der Waals surface area (Å²) in [6.07, 6.45) is 5.81. The molecule has 0 aliphatic heterocycles.